The number of para-hydroxylation sites is 1. The van der Waals surface area contributed by atoms with Crippen LogP contribution in [0.2, 0.25) is 0 Å². The lowest BCUT2D eigenvalue weighted by Gasteiger charge is -2.30. The number of benzene rings is 3. The first-order chi connectivity index (χ1) is 17.6. The zero-order chi connectivity index (χ0) is 24.4. The average molecular weight is 552 g/mol. The van der Waals surface area contributed by atoms with Crippen LogP contribution >= 0.6 is 27.3 Å². The third-order valence-electron chi connectivity index (χ3n) is 7.28. The fraction of sp³-hybridized carbons (Fsp3) is 0.133. The van der Waals surface area contributed by atoms with Crippen molar-refractivity contribution in [3.8, 4) is 0 Å². The number of halogens is 1. The first-order valence-electron chi connectivity index (χ1n) is 12.0. The molecular formula is C30H22BrN3OS. The number of rotatable bonds is 2. The van der Waals surface area contributed by atoms with E-state index in [2.05, 4.69) is 88.5 Å². The van der Waals surface area contributed by atoms with Crippen molar-refractivity contribution in [2.75, 3.05) is 0 Å². The summed E-state index contributed by atoms with van der Waals surface area (Å²) < 4.78 is 3.64. The Balaban J connectivity index is 1.51. The van der Waals surface area contributed by atoms with Gasteiger partial charge in [-0.05, 0) is 60.7 Å². The zero-order valence-electron chi connectivity index (χ0n) is 19.6. The van der Waals surface area contributed by atoms with Crippen molar-refractivity contribution in [3.05, 3.63) is 130 Å². The number of nitrogens with one attached hydrogen (secondary N) is 1. The molecule has 0 amide bonds. The molecule has 7 rings (SSSR count). The van der Waals surface area contributed by atoms with E-state index >= 15 is 0 Å². The number of allylic oxidation sites excluding steroid dienone is 1. The number of aromatic nitrogens is 2. The van der Waals surface area contributed by atoms with Crippen LogP contribution in [-0.4, -0.2) is 9.55 Å². The molecule has 36 heavy (non-hydrogen) atoms. The Morgan fingerprint density at radius 1 is 1.03 bits per heavy atom. The lowest BCUT2D eigenvalue weighted by atomic mass is 9.83. The van der Waals surface area contributed by atoms with Crippen molar-refractivity contribution in [2.45, 2.75) is 25.8 Å². The minimum Gasteiger partial charge on any atom is -0.358 e. The standard InChI is InChI=1S/C30H22BrN3OS/c1-17-24(22-8-4-5-9-25(22)32-17)16-26-29(35)34-28(19-10-13-20(31)14-11-19)23-15-12-18-6-2-3-7-21(18)27(23)33-30(34)36-26/h2-11,13-14,16,28,32H,12,15H2,1H3/b26-16+/t28-/m0/s1. The highest BCUT2D eigenvalue weighted by molar-refractivity contribution is 9.10. The summed E-state index contributed by atoms with van der Waals surface area (Å²) in [6.07, 6.45) is 3.88. The quantitative estimate of drug-likeness (QED) is 0.293. The van der Waals surface area contributed by atoms with E-state index in [1.807, 2.05) is 22.8 Å². The number of aromatic amines is 1. The minimum atomic E-state index is -0.163. The Kier molecular flexibility index (Phi) is 5.01. The topological polar surface area (TPSA) is 50.1 Å². The summed E-state index contributed by atoms with van der Waals surface area (Å²) in [5.41, 5.74) is 9.07. The Hall–Kier alpha value is -3.48. The first-order valence-corrected chi connectivity index (χ1v) is 13.7. The largest absolute Gasteiger partial charge is 0.358 e. The Bertz CT molecular complexity index is 1890. The van der Waals surface area contributed by atoms with Gasteiger partial charge in [0, 0.05) is 32.2 Å². The van der Waals surface area contributed by atoms with E-state index in [9.17, 15) is 4.79 Å². The van der Waals surface area contributed by atoms with Crippen molar-refractivity contribution in [3.63, 3.8) is 0 Å². The molecule has 1 atom stereocenters. The van der Waals surface area contributed by atoms with Crippen molar-refractivity contribution in [2.24, 2.45) is 4.99 Å². The lowest BCUT2D eigenvalue weighted by molar-refractivity contribution is 0.585. The summed E-state index contributed by atoms with van der Waals surface area (Å²) in [4.78, 5) is 23.3. The predicted octanol–water partition coefficient (Wildman–Crippen LogP) is 5.87. The van der Waals surface area contributed by atoms with Crippen LogP contribution in [0.1, 0.15) is 40.4 Å². The second-order valence-electron chi connectivity index (χ2n) is 9.37. The second kappa shape index (κ2) is 8.29. The Morgan fingerprint density at radius 3 is 2.67 bits per heavy atom. The van der Waals surface area contributed by atoms with E-state index in [1.165, 1.54) is 28.0 Å². The van der Waals surface area contributed by atoms with Gasteiger partial charge in [-0.2, -0.15) is 0 Å². The fourth-order valence-electron chi connectivity index (χ4n) is 5.58. The van der Waals surface area contributed by atoms with Crippen molar-refractivity contribution < 1.29 is 0 Å². The molecule has 2 aromatic heterocycles. The second-order valence-corrected chi connectivity index (χ2v) is 11.3. The van der Waals surface area contributed by atoms with Crippen LogP contribution in [0.4, 0.5) is 0 Å². The van der Waals surface area contributed by atoms with E-state index in [4.69, 9.17) is 4.99 Å². The van der Waals surface area contributed by atoms with Crippen LogP contribution in [0, 0.1) is 6.92 Å². The summed E-state index contributed by atoms with van der Waals surface area (Å²) in [5, 5.41) is 1.12. The Labute approximate surface area is 220 Å². The number of fused-ring (bicyclic) bond motifs is 4. The summed E-state index contributed by atoms with van der Waals surface area (Å²) in [5.74, 6) is 0. The van der Waals surface area contributed by atoms with E-state index in [1.54, 1.807) is 0 Å². The van der Waals surface area contributed by atoms with Crippen LogP contribution in [0.15, 0.2) is 92.6 Å². The van der Waals surface area contributed by atoms with Gasteiger partial charge in [-0.25, -0.2) is 4.99 Å². The molecule has 3 aromatic carbocycles. The fourth-order valence-corrected chi connectivity index (χ4v) is 6.83. The molecule has 3 heterocycles. The molecule has 4 nitrogen and oxygen atoms in total. The van der Waals surface area contributed by atoms with Crippen LogP contribution in [0.3, 0.4) is 0 Å². The third-order valence-corrected chi connectivity index (χ3v) is 8.79. The van der Waals surface area contributed by atoms with Gasteiger partial charge in [0.05, 0.1) is 16.3 Å². The Morgan fingerprint density at radius 2 is 1.81 bits per heavy atom. The normalized spacial score (nSPS) is 17.1. The van der Waals surface area contributed by atoms with Gasteiger partial charge in [0.15, 0.2) is 4.80 Å². The van der Waals surface area contributed by atoms with Gasteiger partial charge in [-0.15, -0.1) is 0 Å². The summed E-state index contributed by atoms with van der Waals surface area (Å²) in [7, 11) is 0. The van der Waals surface area contributed by atoms with E-state index in [0.29, 0.717) is 4.53 Å². The lowest BCUT2D eigenvalue weighted by Crippen LogP contribution is -2.38. The molecule has 6 heteroatoms. The van der Waals surface area contributed by atoms with Crippen LogP contribution in [0.25, 0.3) is 22.7 Å². The maximum Gasteiger partial charge on any atom is 0.271 e. The SMILES string of the molecule is Cc1[nH]c2ccccc2c1/C=c1/sc2n(c1=O)[C@@H](c1ccc(Br)cc1)C1=C(N=2)c2ccccc2CC1. The van der Waals surface area contributed by atoms with Gasteiger partial charge >= 0.3 is 0 Å². The molecule has 2 aliphatic rings. The molecule has 0 spiro atoms. The van der Waals surface area contributed by atoms with Crippen LogP contribution in [0.5, 0.6) is 0 Å². The number of hydrogen-bond acceptors (Lipinski definition) is 3. The van der Waals surface area contributed by atoms with Gasteiger partial charge in [0.25, 0.3) is 5.56 Å². The number of hydrogen-bond donors (Lipinski definition) is 1. The molecular weight excluding hydrogens is 530 g/mol. The van der Waals surface area contributed by atoms with E-state index in [-0.39, 0.29) is 11.6 Å². The van der Waals surface area contributed by atoms with Gasteiger partial charge in [-0.3, -0.25) is 9.36 Å². The summed E-state index contributed by atoms with van der Waals surface area (Å²) >= 11 is 5.05. The molecule has 0 bridgehead atoms. The third kappa shape index (κ3) is 3.32. The van der Waals surface area contributed by atoms with Crippen LogP contribution < -0.4 is 14.9 Å². The highest BCUT2D eigenvalue weighted by atomic mass is 79.9. The van der Waals surface area contributed by atoms with Crippen molar-refractivity contribution in [1.29, 1.82) is 0 Å². The number of thiazole rings is 1. The molecule has 1 aliphatic heterocycles. The van der Waals surface area contributed by atoms with Gasteiger partial charge in [0.2, 0.25) is 0 Å². The highest BCUT2D eigenvalue weighted by Gasteiger charge is 2.32. The molecule has 1 aliphatic carbocycles. The van der Waals surface area contributed by atoms with Gasteiger partial charge < -0.3 is 4.98 Å². The van der Waals surface area contributed by atoms with Crippen LogP contribution in [-0.2, 0) is 6.42 Å². The number of aryl methyl sites for hydroxylation is 2. The van der Waals surface area contributed by atoms with Gasteiger partial charge in [0.1, 0.15) is 0 Å². The summed E-state index contributed by atoms with van der Waals surface area (Å²) in [6.45, 7) is 2.06. The maximum absolute atomic E-state index is 14.0. The maximum atomic E-state index is 14.0. The number of nitrogens with zero attached hydrogens (tertiary/aromatic N) is 2. The van der Waals surface area contributed by atoms with E-state index < -0.39 is 0 Å². The smallest absolute Gasteiger partial charge is 0.271 e. The highest BCUT2D eigenvalue weighted by Crippen LogP contribution is 2.41. The predicted molar refractivity (Wildman–Crippen MR) is 150 cm³/mol. The van der Waals surface area contributed by atoms with Crippen molar-refractivity contribution >= 4 is 49.9 Å². The van der Waals surface area contributed by atoms with Gasteiger partial charge in [-0.1, -0.05) is 81.9 Å². The summed E-state index contributed by atoms with van der Waals surface area (Å²) in [6, 6.07) is 24.9. The minimum absolute atomic E-state index is 0.0155. The van der Waals surface area contributed by atoms with Crippen molar-refractivity contribution in [1.82, 2.24) is 9.55 Å². The molecule has 0 fully saturated rings. The molecule has 0 saturated carbocycles. The molecule has 5 aromatic rings. The monoisotopic (exact) mass is 551 g/mol. The molecule has 0 unspecified atom stereocenters. The molecule has 176 valence electrons. The zero-order valence-corrected chi connectivity index (χ0v) is 22.0. The molecule has 0 radical (unpaired) electrons. The first kappa shape index (κ1) is 21.8. The van der Waals surface area contributed by atoms with E-state index in [0.717, 1.165) is 55.5 Å². The average Bonchev–Trinajstić information content (AvgIpc) is 3.39. The molecule has 0 saturated heterocycles. The molecule has 1 N–H and O–H groups in total. The number of H-pyrrole nitrogens is 1.